The van der Waals surface area contributed by atoms with Crippen LogP contribution < -0.4 is 53.6 Å². The number of carboxylic acids is 2. The zero-order valence-electron chi connectivity index (χ0n) is 53.4. The Labute approximate surface area is 562 Å². The molecule has 29 heteroatoms. The fraction of sp³-hybridized carbons (Fsp3) is 0.319. The van der Waals surface area contributed by atoms with Gasteiger partial charge in [0, 0.05) is 38.5 Å². The molecule has 6 aromatic carbocycles. The number of carbonyl (C=O) groups is 11. The molecule has 6 aromatic rings. The number of benzene rings is 6. The van der Waals surface area contributed by atoms with Gasteiger partial charge in [0.25, 0.3) is 0 Å². The van der Waals surface area contributed by atoms with E-state index in [0.717, 1.165) is 0 Å². The molecule has 19 N–H and O–H groups in total. The third kappa shape index (κ3) is 24.6. The first-order chi connectivity index (χ1) is 46.6. The second-order valence-electron chi connectivity index (χ2n) is 23.6. The van der Waals surface area contributed by atoms with Crippen LogP contribution in [0.4, 0.5) is 0 Å². The lowest BCUT2D eigenvalue weighted by atomic mass is 9.99. The number of rotatable bonds is 36. The van der Waals surface area contributed by atoms with Gasteiger partial charge in [0.15, 0.2) is 0 Å². The highest BCUT2D eigenvalue weighted by atomic mass is 16.4. The van der Waals surface area contributed by atoms with Crippen molar-refractivity contribution in [1.82, 2.24) is 47.9 Å². The summed E-state index contributed by atoms with van der Waals surface area (Å²) in [4.78, 5) is 153. The molecule has 98 heavy (non-hydrogen) atoms. The highest BCUT2D eigenvalue weighted by Crippen LogP contribution is 2.19. The maximum atomic E-state index is 14.8. The molecule has 9 amide bonds. The second-order valence-corrected chi connectivity index (χ2v) is 23.6. The summed E-state index contributed by atoms with van der Waals surface area (Å²) in [6.07, 6.45) is -2.88. The predicted molar refractivity (Wildman–Crippen MR) is 352 cm³/mol. The first-order valence-electron chi connectivity index (χ1n) is 31.1. The van der Waals surface area contributed by atoms with Gasteiger partial charge in [0.2, 0.25) is 53.2 Å². The van der Waals surface area contributed by atoms with Crippen LogP contribution in [0.3, 0.4) is 0 Å². The average Bonchev–Trinajstić information content (AvgIpc) is 0.855. The largest absolute Gasteiger partial charge is 0.508 e. The van der Waals surface area contributed by atoms with Crippen molar-refractivity contribution in [3.8, 4) is 28.7 Å². The molecule has 9 atom stereocenters. The molecule has 0 saturated carbocycles. The van der Waals surface area contributed by atoms with Crippen molar-refractivity contribution in [3.05, 3.63) is 185 Å². The fourth-order valence-electron chi connectivity index (χ4n) is 10.1. The molecule has 0 heterocycles. The Bertz CT molecular complexity index is 3710. The number of phenols is 5. The fourth-order valence-corrected chi connectivity index (χ4v) is 10.1. The van der Waals surface area contributed by atoms with Gasteiger partial charge in [-0.05, 0) is 106 Å². The summed E-state index contributed by atoms with van der Waals surface area (Å²) >= 11 is 0. The first-order valence-corrected chi connectivity index (χ1v) is 31.1. The molecule has 29 nitrogen and oxygen atoms in total. The van der Waals surface area contributed by atoms with Crippen LogP contribution in [0.15, 0.2) is 152 Å². The lowest BCUT2D eigenvalue weighted by molar-refractivity contribution is -0.142. The smallest absolute Gasteiger partial charge is 0.326 e. The van der Waals surface area contributed by atoms with E-state index in [-0.39, 0.29) is 78.8 Å². The number of hydrogen-bond acceptors (Lipinski definition) is 18. The highest BCUT2D eigenvalue weighted by Gasteiger charge is 2.37. The summed E-state index contributed by atoms with van der Waals surface area (Å²) < 4.78 is 0. The van der Waals surface area contributed by atoms with Gasteiger partial charge in [0.05, 0.1) is 19.6 Å². The number of amides is 9. The highest BCUT2D eigenvalue weighted by molar-refractivity contribution is 5.99. The van der Waals surface area contributed by atoms with Crippen molar-refractivity contribution in [3.63, 3.8) is 0 Å². The number of carbonyl (C=O) groups excluding carboxylic acids is 9. The molecule has 0 radical (unpaired) electrons. The predicted octanol–water partition coefficient (Wildman–Crippen LogP) is -0.110. The van der Waals surface area contributed by atoms with Gasteiger partial charge in [0.1, 0.15) is 83.1 Å². The van der Waals surface area contributed by atoms with E-state index in [1.165, 1.54) is 121 Å². The molecular weight excluding hydrogens is 1270 g/mol. The quantitative estimate of drug-likeness (QED) is 0.0244. The number of aliphatic carboxylic acids is 2. The Kier molecular flexibility index (Phi) is 28.4. The standard InChI is InChI=1S/C69H80N10O19/c1-38(2)28-50(61(89)78-57(69(97)98)34-44-16-26-49(85)27-17-44)72-63(91)53(31-41-10-20-46(82)21-11-41)75-65(93)55(33-43-14-24-48(84)25-15-43)76-67(95)56(35-60(87)88)77-68(96)58(37-80)79-66(94)52(29-39-6-4-3-5-7-39)74-64(92)54(32-42-12-22-47(83)23-13-42)73-62(90)51(71-59(86)36-70)30-40-8-18-45(81)19-9-40/h3-27,38,50-58,80-85H,28-37,70H2,1-2H3,(H,71,86)(H,72,91)(H,73,90)(H,74,92)(H,75,93)(H,76,95)(H,77,96)(H,78,89)(H,79,94)(H,87,88)(H,97,98)/t50-,51-,52-,53-,54-,55-,56-,57-,58-/m0/s1. The van der Waals surface area contributed by atoms with Crippen molar-refractivity contribution in [2.75, 3.05) is 13.2 Å². The van der Waals surface area contributed by atoms with Gasteiger partial charge in [-0.1, -0.05) is 105 Å². The zero-order valence-corrected chi connectivity index (χ0v) is 53.4. The summed E-state index contributed by atoms with van der Waals surface area (Å²) in [5.41, 5.74) is 8.02. The average molecular weight is 1350 g/mol. The van der Waals surface area contributed by atoms with Gasteiger partial charge in [-0.15, -0.1) is 0 Å². The summed E-state index contributed by atoms with van der Waals surface area (Å²) in [5, 5.41) is 103. The van der Waals surface area contributed by atoms with Crippen molar-refractivity contribution in [2.24, 2.45) is 11.7 Å². The Morgan fingerprint density at radius 2 is 0.571 bits per heavy atom. The molecule has 0 bridgehead atoms. The van der Waals surface area contributed by atoms with Gasteiger partial charge in [-0.3, -0.25) is 47.9 Å². The summed E-state index contributed by atoms with van der Waals surface area (Å²) in [7, 11) is 0. The normalized spacial score (nSPS) is 13.8. The van der Waals surface area contributed by atoms with Gasteiger partial charge >= 0.3 is 11.9 Å². The maximum absolute atomic E-state index is 14.8. The van der Waals surface area contributed by atoms with Crippen LogP contribution in [0.5, 0.6) is 28.7 Å². The third-order valence-corrected chi connectivity index (χ3v) is 15.3. The number of carboxylic acid groups (broad SMARTS) is 2. The molecule has 0 spiro atoms. The van der Waals surface area contributed by atoms with E-state index in [4.69, 9.17) is 5.73 Å². The minimum absolute atomic E-state index is 0.0406. The molecule has 0 aliphatic rings. The van der Waals surface area contributed by atoms with E-state index in [1.807, 2.05) is 0 Å². The summed E-state index contributed by atoms with van der Waals surface area (Å²) in [6, 6.07) is 21.0. The maximum Gasteiger partial charge on any atom is 0.326 e. The number of nitrogens with two attached hydrogens (primary N) is 1. The van der Waals surface area contributed by atoms with Crippen molar-refractivity contribution >= 4 is 65.1 Å². The van der Waals surface area contributed by atoms with E-state index in [1.54, 1.807) is 44.2 Å². The topological polar surface area (TPSA) is 484 Å². The molecule has 0 saturated heterocycles. The van der Waals surface area contributed by atoms with E-state index >= 15 is 0 Å². The number of nitrogens with one attached hydrogen (secondary N) is 9. The van der Waals surface area contributed by atoms with Crippen molar-refractivity contribution in [2.45, 2.75) is 120 Å². The molecule has 6 rings (SSSR count). The monoisotopic (exact) mass is 1350 g/mol. The molecule has 520 valence electrons. The summed E-state index contributed by atoms with van der Waals surface area (Å²) in [5.74, 6) is -13.3. The summed E-state index contributed by atoms with van der Waals surface area (Å²) in [6.45, 7) is 1.75. The second kappa shape index (κ2) is 36.9. The lowest BCUT2D eigenvalue weighted by Crippen LogP contribution is -2.62. The van der Waals surface area contributed by atoms with Gasteiger partial charge < -0.3 is 94.4 Å². The number of hydrogen-bond donors (Lipinski definition) is 18. The van der Waals surface area contributed by atoms with Crippen LogP contribution in [0.2, 0.25) is 0 Å². The zero-order chi connectivity index (χ0) is 71.6. The van der Waals surface area contributed by atoms with Crippen LogP contribution in [0, 0.1) is 5.92 Å². The van der Waals surface area contributed by atoms with Crippen LogP contribution >= 0.6 is 0 Å². The van der Waals surface area contributed by atoms with Crippen LogP contribution in [-0.4, -0.2) is 173 Å². The van der Waals surface area contributed by atoms with E-state index < -0.39 is 145 Å². The van der Waals surface area contributed by atoms with Crippen LogP contribution in [-0.2, 0) is 91.3 Å². The van der Waals surface area contributed by atoms with E-state index in [9.17, 15) is 93.6 Å². The minimum atomic E-state index is -2.09. The van der Waals surface area contributed by atoms with Crippen LogP contribution in [0.1, 0.15) is 60.1 Å². The molecule has 0 aliphatic carbocycles. The molecular formula is C69H80N10O19. The SMILES string of the molecule is CC(C)C[C@H](NC(=O)[C@H](Cc1ccc(O)cc1)NC(=O)[C@H](Cc1ccc(O)cc1)NC(=O)[C@H](CC(=O)O)NC(=O)[C@H](CO)NC(=O)[C@H](Cc1ccccc1)NC(=O)[C@H](Cc1ccc(O)cc1)NC(=O)[C@H](Cc1ccc(O)cc1)NC(=O)CN)C(=O)N[C@@H](Cc1ccc(O)cc1)C(=O)O. The molecule has 0 unspecified atom stereocenters. The molecule has 0 aliphatic heterocycles. The third-order valence-electron chi connectivity index (χ3n) is 15.3. The molecule has 0 fully saturated rings. The number of phenolic OH excluding ortho intramolecular Hbond substituents is 5. The first kappa shape index (κ1) is 75.4. The minimum Gasteiger partial charge on any atom is -0.508 e. The molecule has 0 aromatic heterocycles. The Hall–Kier alpha value is -11.6. The van der Waals surface area contributed by atoms with Crippen molar-refractivity contribution < 1.29 is 93.6 Å². The van der Waals surface area contributed by atoms with E-state index in [2.05, 4.69) is 47.9 Å². The Morgan fingerprint density at radius 3 is 0.867 bits per heavy atom. The Morgan fingerprint density at radius 1 is 0.327 bits per heavy atom. The number of aliphatic hydroxyl groups is 1. The van der Waals surface area contributed by atoms with E-state index in [0.29, 0.717) is 27.8 Å². The van der Waals surface area contributed by atoms with Crippen LogP contribution in [0.25, 0.3) is 0 Å². The van der Waals surface area contributed by atoms with Crippen molar-refractivity contribution in [1.29, 1.82) is 0 Å². The van der Waals surface area contributed by atoms with Gasteiger partial charge in [-0.2, -0.15) is 0 Å². The number of aromatic hydroxyl groups is 5. The number of aliphatic hydroxyl groups excluding tert-OH is 1. The van der Waals surface area contributed by atoms with Gasteiger partial charge in [-0.25, -0.2) is 4.79 Å². The lowest BCUT2D eigenvalue weighted by Gasteiger charge is -2.28. The Balaban J connectivity index is 1.25.